The van der Waals surface area contributed by atoms with E-state index in [2.05, 4.69) is 38.2 Å². The van der Waals surface area contributed by atoms with E-state index in [0.29, 0.717) is 35.6 Å². The highest BCUT2D eigenvalue weighted by atomic mass is 16.1. The highest BCUT2D eigenvalue weighted by Crippen LogP contribution is 2.66. The Hall–Kier alpha value is -1.30. The van der Waals surface area contributed by atoms with E-state index in [-0.39, 0.29) is 11.3 Å². The number of amides is 1. The second-order valence-electron chi connectivity index (χ2n) is 9.78. The summed E-state index contributed by atoms with van der Waals surface area (Å²) in [7, 11) is 0. The zero-order valence-electron chi connectivity index (χ0n) is 17.9. The molecule has 1 N–H and O–H groups in total. The number of nitrogens with zero attached hydrogens (tertiary/aromatic N) is 1. The van der Waals surface area contributed by atoms with E-state index in [1.807, 2.05) is 13.8 Å². The van der Waals surface area contributed by atoms with Gasteiger partial charge in [-0.15, -0.1) is 0 Å². The Labute approximate surface area is 166 Å². The van der Waals surface area contributed by atoms with Crippen LogP contribution in [0.5, 0.6) is 0 Å². The van der Waals surface area contributed by atoms with Crippen molar-refractivity contribution in [3.8, 4) is 6.07 Å². The standard InChI is InChI=1S/C22H32N2O.C2H6/c1-14(10-13-23)16-5-6-17-15-4-7-19-22(3,12-9-20(25)24-19)18(15)8-11-21(16,17)2;1-2/h9,12,14-19H,4-8,10-11H2,1-3H3,(H,24,25);1-2H3. The number of nitriles is 1. The minimum absolute atomic E-state index is 0.0906. The van der Waals surface area contributed by atoms with Crippen LogP contribution < -0.4 is 5.32 Å². The molecule has 0 saturated heterocycles. The van der Waals surface area contributed by atoms with E-state index in [4.69, 9.17) is 5.26 Å². The molecule has 3 saturated carbocycles. The molecule has 1 heterocycles. The summed E-state index contributed by atoms with van der Waals surface area (Å²) >= 11 is 0. The summed E-state index contributed by atoms with van der Waals surface area (Å²) in [5.74, 6) is 3.63. The number of hydrogen-bond acceptors (Lipinski definition) is 2. The third-order valence-corrected chi connectivity index (χ3v) is 8.86. The Balaban J connectivity index is 0.00000102. The molecule has 0 spiro atoms. The fraction of sp³-hybridized carbons (Fsp3) is 0.833. The van der Waals surface area contributed by atoms with Gasteiger partial charge >= 0.3 is 0 Å². The third-order valence-electron chi connectivity index (χ3n) is 8.86. The summed E-state index contributed by atoms with van der Waals surface area (Å²) < 4.78 is 0. The molecule has 8 atom stereocenters. The first-order valence-corrected chi connectivity index (χ1v) is 11.3. The Morgan fingerprint density at radius 3 is 2.63 bits per heavy atom. The summed E-state index contributed by atoms with van der Waals surface area (Å²) in [5.41, 5.74) is 0.552. The molecule has 3 heteroatoms. The molecule has 3 fully saturated rings. The smallest absolute Gasteiger partial charge is 0.243 e. The van der Waals surface area contributed by atoms with Gasteiger partial charge in [-0.2, -0.15) is 5.26 Å². The van der Waals surface area contributed by atoms with Crippen LogP contribution in [0.4, 0.5) is 0 Å². The molecular formula is C24H38N2O. The average Bonchev–Trinajstić information content (AvgIpc) is 3.01. The second kappa shape index (κ2) is 7.61. The van der Waals surface area contributed by atoms with Crippen LogP contribution in [0.15, 0.2) is 12.2 Å². The predicted molar refractivity (Wildman–Crippen MR) is 110 cm³/mol. The van der Waals surface area contributed by atoms with E-state index in [1.165, 1.54) is 32.1 Å². The lowest BCUT2D eigenvalue weighted by atomic mass is 9.47. The van der Waals surface area contributed by atoms with Crippen LogP contribution in [0.25, 0.3) is 0 Å². The maximum absolute atomic E-state index is 11.8. The Kier molecular flexibility index (Phi) is 5.76. The lowest BCUT2D eigenvalue weighted by molar-refractivity contribution is -0.122. The van der Waals surface area contributed by atoms with Crippen molar-refractivity contribution in [2.24, 2.45) is 40.4 Å². The molecule has 4 rings (SSSR count). The highest BCUT2D eigenvalue weighted by molar-refractivity contribution is 5.89. The van der Waals surface area contributed by atoms with Crippen molar-refractivity contribution in [1.29, 1.82) is 5.26 Å². The van der Waals surface area contributed by atoms with E-state index in [1.54, 1.807) is 6.08 Å². The van der Waals surface area contributed by atoms with Crippen molar-refractivity contribution in [1.82, 2.24) is 5.32 Å². The number of nitrogens with one attached hydrogen (secondary N) is 1. The molecule has 0 aromatic heterocycles. The topological polar surface area (TPSA) is 52.9 Å². The Morgan fingerprint density at radius 1 is 1.19 bits per heavy atom. The molecule has 8 unspecified atom stereocenters. The van der Waals surface area contributed by atoms with Crippen molar-refractivity contribution < 1.29 is 4.79 Å². The first kappa shape index (κ1) is 20.4. The van der Waals surface area contributed by atoms with Crippen LogP contribution in [0.3, 0.4) is 0 Å². The lowest BCUT2D eigenvalue weighted by Crippen LogP contribution is -2.59. The molecule has 1 aliphatic heterocycles. The van der Waals surface area contributed by atoms with E-state index < -0.39 is 0 Å². The summed E-state index contributed by atoms with van der Waals surface area (Å²) in [6, 6.07) is 2.74. The summed E-state index contributed by atoms with van der Waals surface area (Å²) in [5, 5.41) is 12.4. The minimum atomic E-state index is 0.0906. The molecule has 0 aromatic carbocycles. The molecule has 3 nitrogen and oxygen atoms in total. The molecule has 0 bridgehead atoms. The second-order valence-corrected chi connectivity index (χ2v) is 9.78. The quantitative estimate of drug-likeness (QED) is 0.700. The zero-order valence-corrected chi connectivity index (χ0v) is 17.9. The van der Waals surface area contributed by atoms with Crippen LogP contribution in [0.2, 0.25) is 0 Å². The molecular weight excluding hydrogens is 332 g/mol. The zero-order chi connectivity index (χ0) is 19.8. The van der Waals surface area contributed by atoms with Gasteiger partial charge in [0, 0.05) is 17.9 Å². The summed E-state index contributed by atoms with van der Waals surface area (Å²) in [6.07, 6.45) is 12.3. The van der Waals surface area contributed by atoms with Crippen LogP contribution in [0, 0.1) is 51.8 Å². The van der Waals surface area contributed by atoms with Gasteiger partial charge in [0.05, 0.1) is 6.07 Å². The number of fused-ring (bicyclic) bond motifs is 5. The van der Waals surface area contributed by atoms with E-state index in [9.17, 15) is 4.79 Å². The third kappa shape index (κ3) is 3.14. The van der Waals surface area contributed by atoms with Crippen molar-refractivity contribution in [2.75, 3.05) is 0 Å². The van der Waals surface area contributed by atoms with Crippen LogP contribution >= 0.6 is 0 Å². The minimum Gasteiger partial charge on any atom is -0.349 e. The largest absolute Gasteiger partial charge is 0.349 e. The SMILES string of the molecule is CC.CC(CC#N)C1CCC2C3CCC4NC(=O)C=CC4(C)C3CCC12C. The van der Waals surface area contributed by atoms with E-state index >= 15 is 0 Å². The van der Waals surface area contributed by atoms with Gasteiger partial charge < -0.3 is 5.32 Å². The Morgan fingerprint density at radius 2 is 1.93 bits per heavy atom. The number of carbonyl (C=O) groups excluding carboxylic acids is 1. The number of carbonyl (C=O) groups is 1. The molecule has 3 aliphatic carbocycles. The maximum atomic E-state index is 11.8. The van der Waals surface area contributed by atoms with Gasteiger partial charge in [-0.05, 0) is 79.6 Å². The van der Waals surface area contributed by atoms with Gasteiger partial charge in [0.1, 0.15) is 0 Å². The van der Waals surface area contributed by atoms with Gasteiger partial charge in [-0.3, -0.25) is 4.79 Å². The molecule has 27 heavy (non-hydrogen) atoms. The van der Waals surface area contributed by atoms with Crippen molar-refractivity contribution >= 4 is 5.91 Å². The lowest BCUT2D eigenvalue weighted by Gasteiger charge is -2.59. The number of rotatable bonds is 2. The molecule has 0 radical (unpaired) electrons. The van der Waals surface area contributed by atoms with Gasteiger partial charge in [-0.25, -0.2) is 0 Å². The monoisotopic (exact) mass is 370 g/mol. The van der Waals surface area contributed by atoms with Crippen LogP contribution in [-0.2, 0) is 4.79 Å². The molecule has 1 amide bonds. The Bertz CT molecular complexity index is 635. The maximum Gasteiger partial charge on any atom is 0.243 e. The molecule has 4 aliphatic rings. The average molecular weight is 371 g/mol. The van der Waals surface area contributed by atoms with Crippen molar-refractivity contribution in [3.05, 3.63) is 12.2 Å². The fourth-order valence-corrected chi connectivity index (χ4v) is 7.59. The predicted octanol–water partition coefficient (Wildman–Crippen LogP) is 5.48. The van der Waals surface area contributed by atoms with Crippen molar-refractivity contribution in [3.63, 3.8) is 0 Å². The highest BCUT2D eigenvalue weighted by Gasteiger charge is 2.60. The van der Waals surface area contributed by atoms with Crippen molar-refractivity contribution in [2.45, 2.75) is 85.6 Å². The van der Waals surface area contributed by atoms with Gasteiger partial charge in [0.25, 0.3) is 0 Å². The number of hydrogen-bond donors (Lipinski definition) is 1. The van der Waals surface area contributed by atoms with Crippen LogP contribution in [0.1, 0.15) is 79.6 Å². The summed E-state index contributed by atoms with van der Waals surface area (Å²) in [4.78, 5) is 11.8. The van der Waals surface area contributed by atoms with E-state index in [0.717, 1.165) is 18.3 Å². The molecule has 150 valence electrons. The van der Waals surface area contributed by atoms with Crippen LogP contribution in [-0.4, -0.2) is 11.9 Å². The first-order valence-electron chi connectivity index (χ1n) is 11.3. The first-order chi connectivity index (χ1) is 12.9. The van der Waals surface area contributed by atoms with Gasteiger partial charge in [0.2, 0.25) is 5.91 Å². The van der Waals surface area contributed by atoms with Gasteiger partial charge in [-0.1, -0.05) is 40.7 Å². The molecule has 0 aromatic rings. The van der Waals surface area contributed by atoms with Gasteiger partial charge in [0.15, 0.2) is 0 Å². The summed E-state index contributed by atoms with van der Waals surface area (Å²) in [6.45, 7) is 11.2. The fourth-order valence-electron chi connectivity index (χ4n) is 7.59. The normalized spacial score (nSPS) is 45.9.